The smallest absolute Gasteiger partial charge is 0.337 e. The summed E-state index contributed by atoms with van der Waals surface area (Å²) in [5.74, 6) is -0.767. The summed E-state index contributed by atoms with van der Waals surface area (Å²) in [6.07, 6.45) is 5.61. The van der Waals surface area contributed by atoms with Crippen molar-refractivity contribution in [2.45, 2.75) is 44.3 Å². The topological polar surface area (TPSA) is 166 Å². The molecule has 0 saturated carbocycles. The monoisotopic (exact) mass is 600 g/mol. The first-order valence-corrected chi connectivity index (χ1v) is 14.2. The molecule has 14 heteroatoms. The number of rotatable bonds is 10. The lowest BCUT2D eigenvalue weighted by Gasteiger charge is -2.24. The van der Waals surface area contributed by atoms with Crippen LogP contribution in [0.15, 0.2) is 67.4 Å². The van der Waals surface area contributed by atoms with Crippen molar-refractivity contribution >= 4 is 35.1 Å². The minimum Gasteiger partial charge on any atom is -0.478 e. The molecule has 1 aromatic carbocycles. The molecule has 4 unspecified atom stereocenters. The fourth-order valence-corrected chi connectivity index (χ4v) is 5.40. The normalized spacial score (nSPS) is 22.9. The molecule has 0 radical (unpaired) electrons. The number of hydrogen-bond donors (Lipinski definition) is 3. The minimum absolute atomic E-state index is 0.149. The van der Waals surface area contributed by atoms with Gasteiger partial charge >= 0.3 is 12.0 Å². The number of urea groups is 1. The zero-order valence-corrected chi connectivity index (χ0v) is 24.1. The molecule has 2 aliphatic rings. The molecule has 0 spiro atoms. The van der Waals surface area contributed by atoms with Gasteiger partial charge in [0.15, 0.2) is 29.5 Å². The number of pyridine rings is 1. The molecule has 2 fully saturated rings. The number of nitrogens with one attached hydrogen (secondary N) is 2. The Labute approximate surface area is 252 Å². The minimum atomic E-state index is -1.03. The first kappa shape index (κ1) is 29.3. The van der Waals surface area contributed by atoms with Crippen molar-refractivity contribution in [2.24, 2.45) is 0 Å². The van der Waals surface area contributed by atoms with Crippen LogP contribution in [0.25, 0.3) is 17.2 Å². The van der Waals surface area contributed by atoms with E-state index in [0.717, 1.165) is 5.56 Å². The highest BCUT2D eigenvalue weighted by molar-refractivity contribution is 5.95. The maximum Gasteiger partial charge on any atom is 0.337 e. The summed E-state index contributed by atoms with van der Waals surface area (Å²) >= 11 is 0. The number of imidazole rings is 1. The summed E-state index contributed by atoms with van der Waals surface area (Å²) in [5, 5.41) is 15.0. The molecule has 2 saturated heterocycles. The van der Waals surface area contributed by atoms with E-state index < -0.39 is 42.8 Å². The third-order valence-electron chi connectivity index (χ3n) is 7.35. The molecule has 4 aromatic rings. The number of benzene rings is 1. The van der Waals surface area contributed by atoms with Gasteiger partial charge in [-0.15, -0.1) is 0 Å². The van der Waals surface area contributed by atoms with E-state index in [0.29, 0.717) is 36.5 Å². The molecule has 3 N–H and O–H groups in total. The van der Waals surface area contributed by atoms with E-state index >= 15 is 0 Å². The van der Waals surface area contributed by atoms with Crippen molar-refractivity contribution in [1.29, 1.82) is 0 Å². The van der Waals surface area contributed by atoms with Gasteiger partial charge in [0, 0.05) is 25.8 Å². The van der Waals surface area contributed by atoms with Gasteiger partial charge in [-0.05, 0) is 37.7 Å². The number of carbonyl (C=O) groups excluding carboxylic acids is 1. The lowest BCUT2D eigenvalue weighted by Crippen LogP contribution is -2.37. The SMILES string of the molecule is CCNC(=O)Nc1ncnc2c1ncn2C1OC(CN(C)Cc2ncccc2C(=O)O)C2O[C@H](/C=C/c3ccccc3)OC21. The van der Waals surface area contributed by atoms with Gasteiger partial charge in [-0.3, -0.25) is 19.8 Å². The predicted molar refractivity (Wildman–Crippen MR) is 158 cm³/mol. The average Bonchev–Trinajstić information content (AvgIpc) is 3.72. The number of aromatic nitrogens is 5. The van der Waals surface area contributed by atoms with Gasteiger partial charge in [0.05, 0.1) is 17.6 Å². The molecule has 5 heterocycles. The molecule has 6 rings (SSSR count). The number of carbonyl (C=O) groups is 2. The van der Waals surface area contributed by atoms with Crippen LogP contribution in [0.5, 0.6) is 0 Å². The summed E-state index contributed by atoms with van der Waals surface area (Å²) in [7, 11) is 1.87. The highest BCUT2D eigenvalue weighted by Gasteiger charge is 2.53. The van der Waals surface area contributed by atoms with Gasteiger partial charge in [0.2, 0.25) is 0 Å². The Morgan fingerprint density at radius 1 is 1.05 bits per heavy atom. The third kappa shape index (κ3) is 6.14. The lowest BCUT2D eigenvalue weighted by atomic mass is 10.1. The molecule has 0 bridgehead atoms. The molecule has 3 aromatic heterocycles. The molecule has 2 aliphatic heterocycles. The average molecular weight is 601 g/mol. The number of anilines is 1. The van der Waals surface area contributed by atoms with Crippen molar-refractivity contribution in [3.63, 3.8) is 0 Å². The Morgan fingerprint density at radius 2 is 1.86 bits per heavy atom. The second-order valence-corrected chi connectivity index (χ2v) is 10.4. The fraction of sp³-hybridized carbons (Fsp3) is 0.333. The van der Waals surface area contributed by atoms with Crippen molar-refractivity contribution in [1.82, 2.24) is 34.7 Å². The predicted octanol–water partition coefficient (Wildman–Crippen LogP) is 2.91. The number of likely N-dealkylation sites (N-methyl/N-ethyl adjacent to an activating group) is 1. The number of amides is 2. The highest BCUT2D eigenvalue weighted by atomic mass is 16.8. The van der Waals surface area contributed by atoms with E-state index in [1.807, 2.05) is 61.4 Å². The summed E-state index contributed by atoms with van der Waals surface area (Å²) < 4.78 is 21.1. The summed E-state index contributed by atoms with van der Waals surface area (Å²) in [6.45, 7) is 2.97. The Morgan fingerprint density at radius 3 is 2.66 bits per heavy atom. The summed E-state index contributed by atoms with van der Waals surface area (Å²) in [6, 6.07) is 12.6. The third-order valence-corrected chi connectivity index (χ3v) is 7.35. The second kappa shape index (κ2) is 12.9. The van der Waals surface area contributed by atoms with Crippen LogP contribution in [0.4, 0.5) is 10.6 Å². The lowest BCUT2D eigenvalue weighted by molar-refractivity contribution is -0.129. The fourth-order valence-electron chi connectivity index (χ4n) is 5.40. The van der Waals surface area contributed by atoms with Crippen LogP contribution >= 0.6 is 0 Å². The van der Waals surface area contributed by atoms with E-state index in [1.165, 1.54) is 12.4 Å². The van der Waals surface area contributed by atoms with Crippen LogP contribution in [0.3, 0.4) is 0 Å². The zero-order valence-electron chi connectivity index (χ0n) is 24.1. The molecule has 228 valence electrons. The van der Waals surface area contributed by atoms with E-state index in [2.05, 4.69) is 30.6 Å². The molecule has 44 heavy (non-hydrogen) atoms. The van der Waals surface area contributed by atoms with Crippen LogP contribution in [0.2, 0.25) is 0 Å². The van der Waals surface area contributed by atoms with Gasteiger partial charge in [-0.2, -0.15) is 0 Å². The number of nitrogens with zero attached hydrogens (tertiary/aromatic N) is 6. The van der Waals surface area contributed by atoms with Crippen LogP contribution in [-0.2, 0) is 20.8 Å². The number of fused-ring (bicyclic) bond motifs is 2. The molecule has 0 aliphatic carbocycles. The van der Waals surface area contributed by atoms with Crippen molar-refractivity contribution in [2.75, 3.05) is 25.5 Å². The Hall–Kier alpha value is -4.76. The van der Waals surface area contributed by atoms with E-state index in [4.69, 9.17) is 14.2 Å². The first-order valence-electron chi connectivity index (χ1n) is 14.2. The maximum absolute atomic E-state index is 12.2. The van der Waals surface area contributed by atoms with Crippen molar-refractivity contribution in [3.05, 3.63) is 84.2 Å². The van der Waals surface area contributed by atoms with Crippen molar-refractivity contribution < 1.29 is 28.9 Å². The zero-order chi connectivity index (χ0) is 30.6. The molecule has 5 atom stereocenters. The quantitative estimate of drug-likeness (QED) is 0.245. The van der Waals surface area contributed by atoms with Crippen LogP contribution in [-0.4, -0.2) is 91.2 Å². The molecular formula is C30H32N8O6. The number of hydrogen-bond acceptors (Lipinski definition) is 10. The van der Waals surface area contributed by atoms with Gasteiger partial charge in [0.25, 0.3) is 0 Å². The standard InChI is InChI=1S/C30H32N8O6/c1-3-31-30(41)36-26-23-27(34-16-33-26)38(17-35-23)28-25-24(43-22(44-25)12-11-18-8-5-4-6-9-18)21(42-28)15-37(2)14-20-19(29(39)40)10-7-13-32-20/h4-13,16-17,21-22,24-25,28H,3,14-15H2,1-2H3,(H,39,40)(H2,31,33,34,36,41)/b12-11+/t21?,22-,24?,25?,28?/m0/s1. The van der Waals surface area contributed by atoms with Gasteiger partial charge in [-0.1, -0.05) is 36.4 Å². The second-order valence-electron chi connectivity index (χ2n) is 10.4. The van der Waals surface area contributed by atoms with E-state index in [9.17, 15) is 14.7 Å². The molecule has 14 nitrogen and oxygen atoms in total. The van der Waals surface area contributed by atoms with E-state index in [1.54, 1.807) is 23.2 Å². The van der Waals surface area contributed by atoms with Gasteiger partial charge < -0.3 is 24.6 Å². The van der Waals surface area contributed by atoms with Crippen molar-refractivity contribution in [3.8, 4) is 0 Å². The highest BCUT2D eigenvalue weighted by Crippen LogP contribution is 2.41. The Kier molecular flexibility index (Phi) is 8.56. The van der Waals surface area contributed by atoms with Crippen LogP contribution < -0.4 is 10.6 Å². The molecular weight excluding hydrogens is 568 g/mol. The molecule has 2 amide bonds. The first-order chi connectivity index (χ1) is 21.4. The van der Waals surface area contributed by atoms with Crippen LogP contribution in [0.1, 0.15) is 34.8 Å². The maximum atomic E-state index is 12.2. The van der Waals surface area contributed by atoms with Gasteiger partial charge in [-0.25, -0.2) is 24.5 Å². The van der Waals surface area contributed by atoms with Crippen LogP contribution in [0, 0.1) is 0 Å². The summed E-state index contributed by atoms with van der Waals surface area (Å²) in [5.41, 5.74) is 2.46. The number of aromatic carboxylic acids is 1. The van der Waals surface area contributed by atoms with E-state index in [-0.39, 0.29) is 11.4 Å². The number of ether oxygens (including phenoxy) is 3. The number of carboxylic acid groups (broad SMARTS) is 1. The number of carboxylic acids is 1. The Balaban J connectivity index is 1.26. The van der Waals surface area contributed by atoms with Gasteiger partial charge in [0.1, 0.15) is 24.6 Å². The largest absolute Gasteiger partial charge is 0.478 e. The summed E-state index contributed by atoms with van der Waals surface area (Å²) in [4.78, 5) is 43.2. The Bertz CT molecular complexity index is 1660.